The van der Waals surface area contributed by atoms with E-state index in [2.05, 4.69) is 43.1 Å². The van der Waals surface area contributed by atoms with Crippen LogP contribution in [-0.4, -0.2) is 64.5 Å². The average molecular weight is 517 g/mol. The summed E-state index contributed by atoms with van der Waals surface area (Å²) in [6.07, 6.45) is 2.36. The van der Waals surface area contributed by atoms with E-state index in [1.807, 2.05) is 6.07 Å². The lowest BCUT2D eigenvalue weighted by Crippen LogP contribution is -2.42. The van der Waals surface area contributed by atoms with Crippen molar-refractivity contribution in [3.05, 3.63) is 23.8 Å². The quantitative estimate of drug-likeness (QED) is 0.355. The molecule has 0 radical (unpaired) electrons. The molecule has 164 valence electrons. The zero-order valence-electron chi connectivity index (χ0n) is 18.4. The number of benzene rings is 1. The van der Waals surface area contributed by atoms with Gasteiger partial charge in [0.25, 0.3) is 0 Å². The van der Waals surface area contributed by atoms with E-state index in [1.165, 1.54) is 18.4 Å². The lowest BCUT2D eigenvalue weighted by Gasteiger charge is -2.28. The summed E-state index contributed by atoms with van der Waals surface area (Å²) in [5.74, 6) is 2.52. The number of nitrogens with one attached hydrogen (secondary N) is 1. The van der Waals surface area contributed by atoms with Gasteiger partial charge in [-0.05, 0) is 37.5 Å². The number of ether oxygens (including phenoxy) is 3. The van der Waals surface area contributed by atoms with Gasteiger partial charge in [-0.3, -0.25) is 4.99 Å². The minimum atomic E-state index is -0.117. The molecule has 6 nitrogen and oxygen atoms in total. The molecular formula is C22H36IN3O3. The van der Waals surface area contributed by atoms with E-state index in [9.17, 15) is 0 Å². The molecule has 29 heavy (non-hydrogen) atoms. The molecule has 1 N–H and O–H groups in total. The van der Waals surface area contributed by atoms with E-state index < -0.39 is 0 Å². The molecule has 0 saturated carbocycles. The molecule has 1 aromatic carbocycles. The zero-order valence-corrected chi connectivity index (χ0v) is 20.7. The standard InChI is InChI=1S/C22H35N3O3.HI/c1-6-23-20(25-11-9-22(15-25)10-12-28-16-22)24-14-21(2,3)17-7-8-18(26-4)19(13-17)27-5;/h7-8,13H,6,9-12,14-16H2,1-5H3,(H,23,24);1H. The highest BCUT2D eigenvalue weighted by Gasteiger charge is 2.42. The van der Waals surface area contributed by atoms with Gasteiger partial charge in [0.1, 0.15) is 0 Å². The monoisotopic (exact) mass is 517 g/mol. The van der Waals surface area contributed by atoms with Gasteiger partial charge in [0, 0.05) is 37.1 Å². The molecule has 0 amide bonds. The van der Waals surface area contributed by atoms with Crippen molar-refractivity contribution in [1.82, 2.24) is 10.2 Å². The molecule has 1 aromatic rings. The first kappa shape index (κ1) is 24.1. The third-order valence-electron chi connectivity index (χ3n) is 6.05. The maximum absolute atomic E-state index is 5.67. The van der Waals surface area contributed by atoms with E-state index >= 15 is 0 Å². The highest BCUT2D eigenvalue weighted by atomic mass is 127. The van der Waals surface area contributed by atoms with Crippen LogP contribution in [0.2, 0.25) is 0 Å². The topological polar surface area (TPSA) is 55.3 Å². The van der Waals surface area contributed by atoms with Gasteiger partial charge in [-0.1, -0.05) is 19.9 Å². The first-order chi connectivity index (χ1) is 13.4. The van der Waals surface area contributed by atoms with Gasteiger partial charge < -0.3 is 24.4 Å². The molecule has 2 heterocycles. The molecule has 7 heteroatoms. The predicted octanol–water partition coefficient (Wildman–Crippen LogP) is 3.68. The van der Waals surface area contributed by atoms with Gasteiger partial charge in [-0.2, -0.15) is 0 Å². The van der Waals surface area contributed by atoms with Crippen molar-refractivity contribution >= 4 is 29.9 Å². The molecule has 2 saturated heterocycles. The number of guanidine groups is 1. The number of likely N-dealkylation sites (tertiary alicyclic amines) is 1. The van der Waals surface area contributed by atoms with Crippen molar-refractivity contribution in [2.45, 2.75) is 39.0 Å². The third-order valence-corrected chi connectivity index (χ3v) is 6.05. The summed E-state index contributed by atoms with van der Waals surface area (Å²) in [5.41, 5.74) is 1.40. The Morgan fingerprint density at radius 2 is 2.00 bits per heavy atom. The lowest BCUT2D eigenvalue weighted by atomic mass is 9.84. The van der Waals surface area contributed by atoms with Crippen LogP contribution in [-0.2, 0) is 10.2 Å². The van der Waals surface area contributed by atoms with Gasteiger partial charge in [0.15, 0.2) is 17.5 Å². The fourth-order valence-corrected chi connectivity index (χ4v) is 4.13. The summed E-state index contributed by atoms with van der Waals surface area (Å²) in [7, 11) is 3.33. The second-order valence-corrected chi connectivity index (χ2v) is 8.60. The second-order valence-electron chi connectivity index (χ2n) is 8.60. The first-order valence-corrected chi connectivity index (χ1v) is 10.3. The maximum atomic E-state index is 5.67. The number of methoxy groups -OCH3 is 2. The maximum Gasteiger partial charge on any atom is 0.193 e. The summed E-state index contributed by atoms with van der Waals surface area (Å²) in [4.78, 5) is 7.42. The van der Waals surface area contributed by atoms with Crippen molar-refractivity contribution in [3.63, 3.8) is 0 Å². The Kier molecular flexibility index (Phi) is 8.46. The Morgan fingerprint density at radius 1 is 1.24 bits per heavy atom. The number of nitrogens with zero attached hydrogens (tertiary/aromatic N) is 2. The third kappa shape index (κ3) is 5.48. The molecule has 1 spiro atoms. The fourth-order valence-electron chi connectivity index (χ4n) is 4.13. The lowest BCUT2D eigenvalue weighted by molar-refractivity contribution is 0.156. The van der Waals surface area contributed by atoms with E-state index in [1.54, 1.807) is 14.2 Å². The summed E-state index contributed by atoms with van der Waals surface area (Å²) in [5, 5.41) is 3.49. The molecule has 0 aliphatic carbocycles. The number of hydrogen-bond donors (Lipinski definition) is 1. The number of halogens is 1. The summed E-state index contributed by atoms with van der Waals surface area (Å²) in [6.45, 7) is 12.0. The Labute approximate surface area is 192 Å². The number of hydrogen-bond acceptors (Lipinski definition) is 4. The van der Waals surface area contributed by atoms with Gasteiger partial charge in [0.2, 0.25) is 0 Å². The second kappa shape index (κ2) is 10.2. The van der Waals surface area contributed by atoms with Crippen LogP contribution in [0, 0.1) is 5.41 Å². The SMILES string of the molecule is CCNC(=NCC(C)(C)c1ccc(OC)c(OC)c1)N1CCC2(CCOC2)C1.I. The Hall–Kier alpha value is -1.22. The van der Waals surface area contributed by atoms with E-state index in [4.69, 9.17) is 19.2 Å². The van der Waals surface area contributed by atoms with Crippen molar-refractivity contribution < 1.29 is 14.2 Å². The molecule has 0 bridgehead atoms. The average Bonchev–Trinajstić information content (AvgIpc) is 3.34. The smallest absolute Gasteiger partial charge is 0.193 e. The predicted molar refractivity (Wildman–Crippen MR) is 128 cm³/mol. The van der Waals surface area contributed by atoms with Gasteiger partial charge >= 0.3 is 0 Å². The van der Waals surface area contributed by atoms with Crippen LogP contribution < -0.4 is 14.8 Å². The summed E-state index contributed by atoms with van der Waals surface area (Å²) < 4.78 is 16.5. The molecule has 2 aliphatic rings. The summed E-state index contributed by atoms with van der Waals surface area (Å²) >= 11 is 0. The van der Waals surface area contributed by atoms with Crippen LogP contribution in [0.5, 0.6) is 11.5 Å². The Bertz CT molecular complexity index is 703. The molecule has 1 unspecified atom stereocenters. The largest absolute Gasteiger partial charge is 0.493 e. The number of rotatable bonds is 6. The normalized spacial score (nSPS) is 22.0. The molecule has 3 rings (SSSR count). The van der Waals surface area contributed by atoms with Crippen molar-refractivity contribution in [3.8, 4) is 11.5 Å². The molecular weight excluding hydrogens is 481 g/mol. The first-order valence-electron chi connectivity index (χ1n) is 10.3. The zero-order chi connectivity index (χ0) is 20.2. The van der Waals surface area contributed by atoms with Crippen LogP contribution in [0.3, 0.4) is 0 Å². The van der Waals surface area contributed by atoms with Crippen LogP contribution >= 0.6 is 24.0 Å². The van der Waals surface area contributed by atoms with Gasteiger partial charge in [-0.25, -0.2) is 0 Å². The Morgan fingerprint density at radius 3 is 2.62 bits per heavy atom. The van der Waals surface area contributed by atoms with Gasteiger partial charge in [0.05, 0.1) is 27.4 Å². The highest BCUT2D eigenvalue weighted by Crippen LogP contribution is 2.38. The van der Waals surface area contributed by atoms with Crippen molar-refractivity contribution in [1.29, 1.82) is 0 Å². The van der Waals surface area contributed by atoms with E-state index in [-0.39, 0.29) is 29.4 Å². The molecule has 1 atom stereocenters. The van der Waals surface area contributed by atoms with Crippen LogP contribution in [0.25, 0.3) is 0 Å². The van der Waals surface area contributed by atoms with E-state index in [0.29, 0.717) is 12.0 Å². The van der Waals surface area contributed by atoms with Crippen molar-refractivity contribution in [2.75, 3.05) is 53.6 Å². The molecule has 2 aliphatic heterocycles. The van der Waals surface area contributed by atoms with Crippen molar-refractivity contribution in [2.24, 2.45) is 10.4 Å². The molecule has 2 fully saturated rings. The van der Waals surface area contributed by atoms with E-state index in [0.717, 1.165) is 50.3 Å². The molecule has 0 aromatic heterocycles. The number of aliphatic imine (C=N–C) groups is 1. The fraction of sp³-hybridized carbons (Fsp3) is 0.682. The highest BCUT2D eigenvalue weighted by molar-refractivity contribution is 14.0. The van der Waals surface area contributed by atoms with Gasteiger partial charge in [-0.15, -0.1) is 24.0 Å². The van der Waals surface area contributed by atoms with Crippen LogP contribution in [0.1, 0.15) is 39.2 Å². The minimum Gasteiger partial charge on any atom is -0.493 e. The summed E-state index contributed by atoms with van der Waals surface area (Å²) in [6, 6.07) is 6.13. The van der Waals surface area contributed by atoms with Crippen LogP contribution in [0.15, 0.2) is 23.2 Å². The van der Waals surface area contributed by atoms with Crippen LogP contribution in [0.4, 0.5) is 0 Å². The minimum absolute atomic E-state index is 0. The Balaban J connectivity index is 0.00000300.